The van der Waals surface area contributed by atoms with E-state index in [9.17, 15) is 47.5 Å². The maximum absolute atomic E-state index is 12.2. The van der Waals surface area contributed by atoms with Gasteiger partial charge in [0.15, 0.2) is 0 Å². The third-order valence-electron chi connectivity index (χ3n) is 8.91. The fraction of sp³-hybridized carbons (Fsp3) is 0.420. The largest absolute Gasteiger partial charge is 1.00 e. The normalized spacial score (nSPS) is 9.94. The third-order valence-corrected chi connectivity index (χ3v) is 11.4. The number of esters is 3. The number of ether oxygens (including phenoxy) is 3. The number of hydrogen-bond donors (Lipinski definition) is 4. The van der Waals surface area contributed by atoms with E-state index in [4.69, 9.17) is 41.1 Å². The molecule has 0 bridgehead atoms. The molecule has 4 N–H and O–H groups in total. The summed E-state index contributed by atoms with van der Waals surface area (Å²) in [7, 11) is -3.85. The number of rotatable bonds is 28. The van der Waals surface area contributed by atoms with Gasteiger partial charge in [0.25, 0.3) is 0 Å². The second kappa shape index (κ2) is 52.0. The number of aldehydes is 1. The average Bonchev–Trinajstić information content (AvgIpc) is 3.37. The smallest absolute Gasteiger partial charge is 0.744 e. The van der Waals surface area contributed by atoms with Gasteiger partial charge in [-0.1, -0.05) is 50.6 Å². The van der Waals surface area contributed by atoms with E-state index in [0.29, 0.717) is 142 Å². The topological polar surface area (TPSA) is 326 Å². The fourth-order valence-corrected chi connectivity index (χ4v) is 7.24. The number of unbranched alkanes of at least 4 members (excludes halogenated alkanes) is 4. The van der Waals surface area contributed by atoms with E-state index in [1.54, 1.807) is 52.0 Å². The van der Waals surface area contributed by atoms with Gasteiger partial charge >= 0.3 is 107 Å². The standard InChI is InChI=1S/C24H23NO11S3.C8H14O3.C8H12O3.C4H5ClO.C4H10O2.C2H7P.3Na/c1-13(2)24(26)32-10-4-3-9-25-18-11-19(37-35-33-27)15-6-7-16-20(38-36-34-28)12-21(39(29,30)31)17-8-5-14(18)22(15)23(16)17;2*1-7(2)8(10)11-6-4-3-5-9;1-3(2)4(5)6;5-3-1-2-4-6;1-3-2;;;/h5-8,11-12,25,27-28H,1,3-4,9-10H2,2H3,(H,29,30,31);9H,1,3-6H2,2H3;5H,1,3-4,6H2,2H3;1H2,2H3;5-6H,1-4H2;3H,1-2H3;;;/q;;;;;;3*+1/p-3. The van der Waals surface area contributed by atoms with Gasteiger partial charge in [-0.25, -0.2) is 22.8 Å². The van der Waals surface area contributed by atoms with Gasteiger partial charge in [-0.2, -0.15) is 8.67 Å². The van der Waals surface area contributed by atoms with Crippen LogP contribution in [0.4, 0.5) is 5.69 Å². The molecule has 4 aromatic rings. The van der Waals surface area contributed by atoms with Crippen LogP contribution in [0, 0.1) is 0 Å². The van der Waals surface area contributed by atoms with Crippen LogP contribution in [0.1, 0.15) is 79.1 Å². The van der Waals surface area contributed by atoms with Crippen molar-refractivity contribution in [1.82, 2.24) is 0 Å². The second-order valence-electron chi connectivity index (χ2n) is 15.6. The summed E-state index contributed by atoms with van der Waals surface area (Å²) in [5, 5.41) is 58.3. The summed E-state index contributed by atoms with van der Waals surface area (Å²) in [6.07, 6.45) is 5.85. The summed E-state index contributed by atoms with van der Waals surface area (Å²) < 4.78 is 60.1. The van der Waals surface area contributed by atoms with Gasteiger partial charge in [0.1, 0.15) is 16.4 Å². The molecule has 0 unspecified atom stereocenters. The predicted octanol–water partition coefficient (Wildman–Crippen LogP) is -1.76. The van der Waals surface area contributed by atoms with Crippen molar-refractivity contribution in [1.29, 1.82) is 0 Å². The first-order chi connectivity index (χ1) is 36.0. The number of nitrogens with one attached hydrogen (secondary N) is 1. The summed E-state index contributed by atoms with van der Waals surface area (Å²) in [6, 6.07) is 9.44. The monoisotopic (exact) mass is 1230 g/mol. The molecule has 79 heavy (non-hydrogen) atoms. The number of hydrogen-bond acceptors (Lipinski definition) is 23. The van der Waals surface area contributed by atoms with E-state index in [2.05, 4.69) is 63.7 Å². The van der Waals surface area contributed by atoms with Crippen LogP contribution in [-0.2, 0) is 67.0 Å². The summed E-state index contributed by atoms with van der Waals surface area (Å²) in [5.41, 5.74) is 2.12. The number of aliphatic hydroxyl groups excluding tert-OH is 3. The molecular weight excluding hydrogens is 1170 g/mol. The summed E-state index contributed by atoms with van der Waals surface area (Å²) in [5.74, 6) is -1.21. The number of aliphatic hydroxyl groups is 3. The van der Waals surface area contributed by atoms with Crippen molar-refractivity contribution in [3.8, 4) is 0 Å². The SMILES string of the molecule is C=C(C)C(=O)Cl.C=C(C)C(=O)OCCCC=O.C=C(C)C(=O)OCCCCNc1cc(SOO[O-])c2ccc3c(SOO[O-])cc(S(=O)(=O)[O-])c4ccc1c2c34.C=C(C)C(=O)OCCCCO.CPC.OCCCCO.[Na+].[Na+].[Na+]. The molecule has 21 nitrogen and oxygen atoms in total. The van der Waals surface area contributed by atoms with Crippen molar-refractivity contribution in [3.05, 3.63) is 85.0 Å². The molecule has 426 valence electrons. The zero-order valence-corrected chi connectivity index (χ0v) is 56.6. The Bertz CT molecular complexity index is 2570. The average molecular weight is 1230 g/mol. The Balaban J connectivity index is -0.000000372. The number of anilines is 1. The fourth-order valence-electron chi connectivity index (χ4n) is 5.41. The van der Waals surface area contributed by atoms with Crippen LogP contribution in [0.5, 0.6) is 0 Å². The van der Waals surface area contributed by atoms with Crippen LogP contribution in [-0.4, -0.2) is 117 Å². The Morgan fingerprint density at radius 3 is 1.35 bits per heavy atom. The number of carbonyl (C=O) groups excluding carboxylic acids is 5. The molecule has 0 fully saturated rings. The van der Waals surface area contributed by atoms with Crippen LogP contribution >= 0.6 is 44.3 Å². The van der Waals surface area contributed by atoms with Crippen LogP contribution < -0.4 is 105 Å². The Kier molecular flexibility index (Phi) is 56.7. The second-order valence-corrected chi connectivity index (χ2v) is 19.8. The molecule has 0 saturated carbocycles. The Morgan fingerprint density at radius 1 is 0.633 bits per heavy atom. The van der Waals surface area contributed by atoms with E-state index in [0.717, 1.165) is 33.8 Å². The predicted molar refractivity (Wildman–Crippen MR) is 290 cm³/mol. The minimum Gasteiger partial charge on any atom is -0.744 e. The maximum Gasteiger partial charge on any atom is 1.00 e. The van der Waals surface area contributed by atoms with E-state index < -0.39 is 32.2 Å². The van der Waals surface area contributed by atoms with Gasteiger partial charge in [-0.3, -0.25) is 14.9 Å². The third kappa shape index (κ3) is 37.4. The van der Waals surface area contributed by atoms with Gasteiger partial charge in [0.05, 0.1) is 48.8 Å². The molecule has 0 aliphatic heterocycles. The van der Waals surface area contributed by atoms with E-state index in [1.165, 1.54) is 6.07 Å². The molecule has 0 aliphatic rings. The molecule has 0 atom stereocenters. The summed E-state index contributed by atoms with van der Waals surface area (Å²) in [6.45, 7) is 26.2. The van der Waals surface area contributed by atoms with Crippen LogP contribution in [0.25, 0.3) is 32.3 Å². The number of carbonyl (C=O) groups is 5. The van der Waals surface area contributed by atoms with E-state index in [-0.39, 0.29) is 131 Å². The van der Waals surface area contributed by atoms with Gasteiger partial charge in [-0.15, -0.1) is 8.58 Å². The van der Waals surface area contributed by atoms with Gasteiger partial charge in [0, 0.05) is 86.7 Å². The van der Waals surface area contributed by atoms with Crippen molar-refractivity contribution in [2.75, 3.05) is 64.8 Å². The molecule has 4 rings (SSSR count). The zero-order chi connectivity index (χ0) is 58.2. The van der Waals surface area contributed by atoms with Crippen molar-refractivity contribution in [3.63, 3.8) is 0 Å². The Labute approximate surface area is 544 Å². The summed E-state index contributed by atoms with van der Waals surface area (Å²) in [4.78, 5) is 52.7. The quantitative estimate of drug-likeness (QED) is 0.00391. The first-order valence-corrected chi connectivity index (χ1v) is 28.2. The molecular formula is C50H68ClNNa3O20PS3. The first kappa shape index (κ1) is 86.2. The van der Waals surface area contributed by atoms with Crippen LogP contribution in [0.2, 0.25) is 0 Å². The minimum absolute atomic E-state index is 0. The van der Waals surface area contributed by atoms with Crippen molar-refractivity contribution in [2.45, 2.75) is 93.7 Å². The molecule has 29 heteroatoms. The number of benzene rings is 4. The molecule has 4 aromatic carbocycles. The zero-order valence-electron chi connectivity index (χ0n) is 46.4. The van der Waals surface area contributed by atoms with E-state index >= 15 is 0 Å². The van der Waals surface area contributed by atoms with Crippen molar-refractivity contribution < 1.29 is 184 Å². The Morgan fingerprint density at radius 2 is 0.987 bits per heavy atom. The summed E-state index contributed by atoms with van der Waals surface area (Å²) >= 11 is 6.00. The molecule has 0 radical (unpaired) electrons. The van der Waals surface area contributed by atoms with Crippen molar-refractivity contribution >= 4 is 122 Å². The molecule has 0 amide bonds. The molecule has 0 heterocycles. The van der Waals surface area contributed by atoms with Crippen LogP contribution in [0.3, 0.4) is 0 Å². The van der Waals surface area contributed by atoms with Gasteiger partial charge in [-0.05, 0) is 126 Å². The maximum atomic E-state index is 12.2. The van der Waals surface area contributed by atoms with Gasteiger partial charge < -0.3 is 54.7 Å². The molecule has 0 aliphatic carbocycles. The van der Waals surface area contributed by atoms with Crippen molar-refractivity contribution in [2.24, 2.45) is 0 Å². The first-order valence-electron chi connectivity index (χ1n) is 22.9. The molecule has 0 spiro atoms. The van der Waals surface area contributed by atoms with Crippen LogP contribution in [0.15, 0.2) is 99.7 Å². The molecule has 0 aromatic heterocycles. The van der Waals surface area contributed by atoms with Gasteiger partial charge in [0.2, 0.25) is 5.24 Å². The van der Waals surface area contributed by atoms with E-state index in [1.807, 2.05) is 0 Å². The Hall–Kier alpha value is -1.60. The number of allylic oxidation sites excluding steroid dienone is 1. The number of halogens is 1. The minimum atomic E-state index is -4.93. The molecule has 0 saturated heterocycles.